The lowest BCUT2D eigenvalue weighted by Crippen LogP contribution is -2.23. The van der Waals surface area contributed by atoms with E-state index < -0.39 is 0 Å². The van der Waals surface area contributed by atoms with Crippen LogP contribution in [-0.2, 0) is 4.79 Å². The summed E-state index contributed by atoms with van der Waals surface area (Å²) in [5.41, 5.74) is 0. The van der Waals surface area contributed by atoms with Gasteiger partial charge in [-0.15, -0.1) is 0 Å². The van der Waals surface area contributed by atoms with Crippen LogP contribution < -0.4 is 9.64 Å². The predicted molar refractivity (Wildman–Crippen MR) is 66.6 cm³/mol. The van der Waals surface area contributed by atoms with Crippen molar-refractivity contribution < 1.29 is 9.53 Å². The minimum absolute atomic E-state index is 0.280. The maximum absolute atomic E-state index is 10.8. The number of anilines is 1. The molecule has 0 spiro atoms. The Morgan fingerprint density at radius 2 is 2.06 bits per heavy atom. The number of hydrogen-bond donors (Lipinski definition) is 0. The summed E-state index contributed by atoms with van der Waals surface area (Å²) < 4.78 is 5.12. The van der Waals surface area contributed by atoms with Gasteiger partial charge in [0.05, 0.1) is 7.11 Å². The molecule has 2 unspecified atom stereocenters. The fourth-order valence-electron chi connectivity index (χ4n) is 3.26. The minimum Gasteiger partial charge on any atom is -0.481 e. The summed E-state index contributed by atoms with van der Waals surface area (Å²) in [5, 5.41) is 0. The number of ether oxygens (including phenoxy) is 1. The molecule has 5 heteroatoms. The van der Waals surface area contributed by atoms with Crippen LogP contribution in [0.2, 0.25) is 0 Å². The summed E-state index contributed by atoms with van der Waals surface area (Å²) in [6.45, 7) is 1.99. The zero-order chi connectivity index (χ0) is 12.5. The highest BCUT2D eigenvalue weighted by molar-refractivity contribution is 5.55. The van der Waals surface area contributed by atoms with Crippen molar-refractivity contribution in [2.75, 3.05) is 25.1 Å². The third-order valence-corrected chi connectivity index (χ3v) is 4.14. The van der Waals surface area contributed by atoms with Gasteiger partial charge in [-0.25, -0.2) is 9.97 Å². The van der Waals surface area contributed by atoms with Crippen LogP contribution in [0.25, 0.3) is 0 Å². The average molecular weight is 247 g/mol. The van der Waals surface area contributed by atoms with Crippen molar-refractivity contribution in [1.29, 1.82) is 0 Å². The molecule has 5 nitrogen and oxygen atoms in total. The Bertz CT molecular complexity index is 438. The van der Waals surface area contributed by atoms with Gasteiger partial charge in [0.1, 0.15) is 18.4 Å². The summed E-state index contributed by atoms with van der Waals surface area (Å²) in [7, 11) is 1.61. The highest BCUT2D eigenvalue weighted by atomic mass is 16.5. The fourth-order valence-corrected chi connectivity index (χ4v) is 3.26. The Morgan fingerprint density at radius 3 is 2.67 bits per heavy atom. The quantitative estimate of drug-likeness (QED) is 0.750. The monoisotopic (exact) mass is 247 g/mol. The van der Waals surface area contributed by atoms with Gasteiger partial charge in [0.2, 0.25) is 5.88 Å². The second-order valence-corrected chi connectivity index (χ2v) is 5.21. The van der Waals surface area contributed by atoms with Crippen molar-refractivity contribution in [3.63, 3.8) is 0 Å². The number of carbonyl (C=O) groups excluding carboxylic acids is 1. The Labute approximate surface area is 106 Å². The lowest BCUT2D eigenvalue weighted by atomic mass is 10.0. The molecule has 2 aliphatic rings. The topological polar surface area (TPSA) is 55.3 Å². The highest BCUT2D eigenvalue weighted by Crippen LogP contribution is 2.41. The fraction of sp³-hybridized carbons (Fsp3) is 0.615. The molecular formula is C13H17N3O2. The van der Waals surface area contributed by atoms with Gasteiger partial charge >= 0.3 is 0 Å². The van der Waals surface area contributed by atoms with Crippen molar-refractivity contribution in [3.05, 3.63) is 12.4 Å². The van der Waals surface area contributed by atoms with Crippen LogP contribution in [0.15, 0.2) is 12.4 Å². The van der Waals surface area contributed by atoms with Crippen molar-refractivity contribution in [2.45, 2.75) is 12.8 Å². The molecule has 1 aliphatic heterocycles. The molecule has 0 N–H and O–H groups in total. The summed E-state index contributed by atoms with van der Waals surface area (Å²) in [6.07, 6.45) is 4.73. The molecule has 1 aromatic rings. The zero-order valence-corrected chi connectivity index (χ0v) is 10.5. The van der Waals surface area contributed by atoms with E-state index in [1.165, 1.54) is 6.33 Å². The predicted octanol–water partition coefficient (Wildman–Crippen LogP) is 1.15. The number of aromatic nitrogens is 2. The van der Waals surface area contributed by atoms with E-state index in [0.29, 0.717) is 17.7 Å². The van der Waals surface area contributed by atoms with Gasteiger partial charge in [0.25, 0.3) is 0 Å². The smallest absolute Gasteiger partial charge is 0.218 e. The van der Waals surface area contributed by atoms with Crippen LogP contribution in [0.3, 0.4) is 0 Å². The summed E-state index contributed by atoms with van der Waals surface area (Å²) in [6, 6.07) is 1.87. The first-order chi connectivity index (χ1) is 8.80. The molecule has 0 radical (unpaired) electrons. The molecule has 2 atom stereocenters. The number of nitrogens with zero attached hydrogens (tertiary/aromatic N) is 3. The van der Waals surface area contributed by atoms with Gasteiger partial charge in [-0.05, 0) is 24.7 Å². The van der Waals surface area contributed by atoms with Crippen LogP contribution in [-0.4, -0.2) is 36.5 Å². The largest absolute Gasteiger partial charge is 0.481 e. The molecule has 1 aliphatic carbocycles. The number of fused-ring (bicyclic) bond motifs is 1. The van der Waals surface area contributed by atoms with Crippen molar-refractivity contribution in [2.24, 2.45) is 17.8 Å². The standard InChI is InChI=1S/C13H17N3O2/c1-18-13-4-12(14-8-15-13)16-5-10-2-9(7-17)3-11(10)6-16/h4,7-11H,2-3,5-6H2,1H3. The van der Waals surface area contributed by atoms with Gasteiger partial charge in [-0.3, -0.25) is 0 Å². The molecule has 0 amide bonds. The number of aldehydes is 1. The molecule has 18 heavy (non-hydrogen) atoms. The lowest BCUT2D eigenvalue weighted by Gasteiger charge is -2.19. The van der Waals surface area contributed by atoms with Crippen LogP contribution >= 0.6 is 0 Å². The van der Waals surface area contributed by atoms with E-state index in [2.05, 4.69) is 14.9 Å². The van der Waals surface area contributed by atoms with Crippen LogP contribution in [0.1, 0.15) is 12.8 Å². The third kappa shape index (κ3) is 1.94. The summed E-state index contributed by atoms with van der Waals surface area (Å²) in [5.74, 6) is 3.09. The Hall–Kier alpha value is -1.65. The summed E-state index contributed by atoms with van der Waals surface area (Å²) in [4.78, 5) is 21.4. The Balaban J connectivity index is 1.71. The number of carbonyl (C=O) groups is 1. The van der Waals surface area contributed by atoms with Gasteiger partial charge in [0, 0.05) is 25.1 Å². The second kappa shape index (κ2) is 4.55. The van der Waals surface area contributed by atoms with Gasteiger partial charge < -0.3 is 14.4 Å². The molecule has 2 fully saturated rings. The van der Waals surface area contributed by atoms with Crippen molar-refractivity contribution in [3.8, 4) is 5.88 Å². The van der Waals surface area contributed by atoms with E-state index in [-0.39, 0.29) is 5.92 Å². The van der Waals surface area contributed by atoms with Crippen LogP contribution in [0.4, 0.5) is 5.82 Å². The van der Waals surface area contributed by atoms with Crippen molar-refractivity contribution >= 4 is 12.1 Å². The van der Waals surface area contributed by atoms with Crippen LogP contribution in [0.5, 0.6) is 5.88 Å². The molecule has 1 saturated heterocycles. The van der Waals surface area contributed by atoms with E-state index in [0.717, 1.165) is 38.0 Å². The zero-order valence-electron chi connectivity index (χ0n) is 10.5. The van der Waals surface area contributed by atoms with Gasteiger partial charge in [-0.1, -0.05) is 0 Å². The first-order valence-corrected chi connectivity index (χ1v) is 6.36. The normalized spacial score (nSPS) is 30.3. The second-order valence-electron chi connectivity index (χ2n) is 5.21. The summed E-state index contributed by atoms with van der Waals surface area (Å²) >= 11 is 0. The SMILES string of the molecule is COc1cc(N2CC3CC(C=O)CC3C2)ncn1. The number of methoxy groups -OCH3 is 1. The van der Waals surface area contributed by atoms with E-state index in [1.807, 2.05) is 6.07 Å². The average Bonchev–Trinajstić information content (AvgIpc) is 2.96. The highest BCUT2D eigenvalue weighted by Gasteiger charge is 2.41. The molecular weight excluding hydrogens is 230 g/mol. The number of rotatable bonds is 3. The first kappa shape index (κ1) is 11.4. The molecule has 2 heterocycles. The first-order valence-electron chi connectivity index (χ1n) is 6.36. The van der Waals surface area contributed by atoms with Crippen LogP contribution in [0, 0.1) is 17.8 Å². The lowest BCUT2D eigenvalue weighted by molar-refractivity contribution is -0.111. The molecule has 1 saturated carbocycles. The molecule has 1 aromatic heterocycles. The molecule has 3 rings (SSSR count). The third-order valence-electron chi connectivity index (χ3n) is 4.14. The van der Waals surface area contributed by atoms with Gasteiger partial charge in [-0.2, -0.15) is 0 Å². The van der Waals surface area contributed by atoms with E-state index in [4.69, 9.17) is 4.74 Å². The molecule has 0 bridgehead atoms. The minimum atomic E-state index is 0.280. The van der Waals surface area contributed by atoms with Gasteiger partial charge in [0.15, 0.2) is 0 Å². The number of hydrogen-bond acceptors (Lipinski definition) is 5. The Kier molecular flexibility index (Phi) is 2.89. The maximum atomic E-state index is 10.8. The molecule has 0 aromatic carbocycles. The molecule has 96 valence electrons. The van der Waals surface area contributed by atoms with E-state index in [9.17, 15) is 4.79 Å². The maximum Gasteiger partial charge on any atom is 0.218 e. The van der Waals surface area contributed by atoms with Crippen molar-refractivity contribution in [1.82, 2.24) is 9.97 Å². The van der Waals surface area contributed by atoms with E-state index >= 15 is 0 Å². The van der Waals surface area contributed by atoms with E-state index in [1.54, 1.807) is 7.11 Å². The Morgan fingerprint density at radius 1 is 1.33 bits per heavy atom.